The molecule has 0 saturated carbocycles. The Balaban J connectivity index is 1.72. The second kappa shape index (κ2) is 10.4. The van der Waals surface area contributed by atoms with Gasteiger partial charge in [0.25, 0.3) is 0 Å². The number of hydrogen-bond donors (Lipinski definition) is 5. The van der Waals surface area contributed by atoms with Gasteiger partial charge in [-0.3, -0.25) is 0 Å². The largest absolute Gasteiger partial charge is 0.466 e. The van der Waals surface area contributed by atoms with Crippen LogP contribution in [-0.4, -0.2) is 90.3 Å². The van der Waals surface area contributed by atoms with Crippen molar-refractivity contribution in [1.82, 2.24) is 14.8 Å². The predicted molar refractivity (Wildman–Crippen MR) is 111 cm³/mol. The van der Waals surface area contributed by atoms with E-state index >= 15 is 0 Å². The van der Waals surface area contributed by atoms with Gasteiger partial charge in [-0.2, -0.15) is 5.10 Å². The summed E-state index contributed by atoms with van der Waals surface area (Å²) in [6, 6.07) is 6.59. The van der Waals surface area contributed by atoms with Crippen LogP contribution in [0.15, 0.2) is 36.9 Å². The highest BCUT2D eigenvalue weighted by atomic mass is 35.5. The van der Waals surface area contributed by atoms with Gasteiger partial charge in [-0.1, -0.05) is 25.4 Å². The van der Waals surface area contributed by atoms with Gasteiger partial charge in [-0.05, 0) is 24.3 Å². The van der Waals surface area contributed by atoms with E-state index in [-0.39, 0.29) is 6.61 Å². The quantitative estimate of drug-likeness (QED) is 0.327. The van der Waals surface area contributed by atoms with Crippen LogP contribution in [0.25, 0.3) is 0 Å². The Kier molecular flexibility index (Phi) is 8.06. The molecule has 0 aliphatic carbocycles. The summed E-state index contributed by atoms with van der Waals surface area (Å²) in [6.07, 6.45) is -6.45. The number of aromatic nitrogens is 3. The third kappa shape index (κ3) is 5.56. The summed E-state index contributed by atoms with van der Waals surface area (Å²) in [5.41, 5.74) is -0.970. The van der Waals surface area contributed by atoms with Crippen molar-refractivity contribution in [3.63, 3.8) is 0 Å². The third-order valence-electron chi connectivity index (χ3n) is 5.31. The van der Waals surface area contributed by atoms with E-state index in [1.54, 1.807) is 38.1 Å². The molecule has 32 heavy (non-hydrogen) atoms. The molecule has 1 aliphatic heterocycles. The van der Waals surface area contributed by atoms with Crippen molar-refractivity contribution in [2.45, 2.75) is 56.9 Å². The fourth-order valence-corrected chi connectivity index (χ4v) is 3.36. The van der Waals surface area contributed by atoms with Crippen molar-refractivity contribution >= 4 is 11.6 Å². The van der Waals surface area contributed by atoms with Crippen LogP contribution >= 0.6 is 11.6 Å². The highest BCUT2D eigenvalue weighted by Gasteiger charge is 2.45. The van der Waals surface area contributed by atoms with Crippen LogP contribution in [0.3, 0.4) is 0 Å². The van der Waals surface area contributed by atoms with Gasteiger partial charge < -0.3 is 39.7 Å². The molecule has 3 rings (SSSR count). The molecule has 2 unspecified atom stereocenters. The summed E-state index contributed by atoms with van der Waals surface area (Å²) in [5, 5.41) is 55.1. The molecule has 1 fully saturated rings. The van der Waals surface area contributed by atoms with Crippen LogP contribution in [0.1, 0.15) is 20.1 Å². The maximum absolute atomic E-state index is 11.2. The maximum Gasteiger partial charge on any atom is 0.219 e. The zero-order valence-electron chi connectivity index (χ0n) is 17.6. The maximum atomic E-state index is 11.2. The van der Waals surface area contributed by atoms with E-state index < -0.39 is 55.1 Å². The standard InChI is InChI=1S/C20H28ClN3O8/c1-20(2,8-30-19-16(28)15(27)14(26)13(7-25)32-19)17(29)18(24-10-22-9-23-24)31-12-5-3-11(21)4-6-12/h3-6,9-10,13-19,25-29H,7-8H2,1-2H3/t13-,14-,15+,16-,17?,18?,19-/m1/s1. The molecule has 1 saturated heterocycles. The number of rotatable bonds is 9. The topological polar surface area (TPSA) is 160 Å². The van der Waals surface area contributed by atoms with Crippen LogP contribution in [0, 0.1) is 5.41 Å². The molecule has 2 aromatic rings. The minimum Gasteiger partial charge on any atom is -0.466 e. The van der Waals surface area contributed by atoms with Crippen LogP contribution < -0.4 is 4.74 Å². The predicted octanol–water partition coefficient (Wildman–Crippen LogP) is -0.287. The molecular weight excluding hydrogens is 446 g/mol. The molecule has 1 aromatic carbocycles. The highest BCUT2D eigenvalue weighted by molar-refractivity contribution is 6.30. The van der Waals surface area contributed by atoms with Gasteiger partial charge in [0.15, 0.2) is 6.29 Å². The first-order valence-electron chi connectivity index (χ1n) is 10.0. The number of aliphatic hydroxyl groups excluding tert-OH is 5. The summed E-state index contributed by atoms with van der Waals surface area (Å²) in [6.45, 7) is 2.71. The second-order valence-corrected chi connectivity index (χ2v) is 8.72. The van der Waals surface area contributed by atoms with Gasteiger partial charge >= 0.3 is 0 Å². The average Bonchev–Trinajstić information content (AvgIpc) is 3.31. The first-order chi connectivity index (χ1) is 15.1. The Morgan fingerprint density at radius 1 is 1.16 bits per heavy atom. The van der Waals surface area contributed by atoms with E-state index in [1.807, 2.05) is 0 Å². The van der Waals surface area contributed by atoms with E-state index in [0.717, 1.165) is 0 Å². The lowest BCUT2D eigenvalue weighted by molar-refractivity contribution is -0.308. The van der Waals surface area contributed by atoms with E-state index in [1.165, 1.54) is 17.3 Å². The smallest absolute Gasteiger partial charge is 0.219 e. The molecule has 0 amide bonds. The number of hydrogen-bond acceptors (Lipinski definition) is 10. The highest BCUT2D eigenvalue weighted by Crippen LogP contribution is 2.33. The van der Waals surface area contributed by atoms with Crippen LogP contribution in [0.2, 0.25) is 5.02 Å². The SMILES string of the molecule is CC(C)(CO[C@@H]1O[C@H](CO)[C@@H](O)[C@H](O)[C@H]1O)C(O)C(Oc1ccc(Cl)cc1)n1cncn1. The van der Waals surface area contributed by atoms with Crippen LogP contribution in [-0.2, 0) is 9.47 Å². The first kappa shape index (κ1) is 24.8. The van der Waals surface area contributed by atoms with Gasteiger partial charge in [0.2, 0.25) is 6.23 Å². The Hall–Kier alpha value is -1.83. The molecule has 5 N–H and O–H groups in total. The summed E-state index contributed by atoms with van der Waals surface area (Å²) < 4.78 is 18.3. The molecule has 1 aliphatic rings. The van der Waals surface area contributed by atoms with Crippen molar-refractivity contribution in [3.8, 4) is 5.75 Å². The number of halogens is 1. The molecular formula is C20H28ClN3O8. The summed E-state index contributed by atoms with van der Waals surface area (Å²) in [7, 11) is 0. The summed E-state index contributed by atoms with van der Waals surface area (Å²) >= 11 is 5.92. The zero-order chi connectivity index (χ0) is 23.5. The fourth-order valence-electron chi connectivity index (χ4n) is 3.24. The number of benzene rings is 1. The fraction of sp³-hybridized carbons (Fsp3) is 0.600. The van der Waals surface area contributed by atoms with Crippen LogP contribution in [0.5, 0.6) is 5.75 Å². The summed E-state index contributed by atoms with van der Waals surface area (Å²) in [4.78, 5) is 3.91. The van der Waals surface area contributed by atoms with Crippen molar-refractivity contribution in [3.05, 3.63) is 41.9 Å². The van der Waals surface area contributed by atoms with Crippen molar-refractivity contribution < 1.29 is 39.7 Å². The molecule has 1 aromatic heterocycles. The van der Waals surface area contributed by atoms with Crippen molar-refractivity contribution in [2.24, 2.45) is 5.41 Å². The van der Waals surface area contributed by atoms with Gasteiger partial charge in [0, 0.05) is 10.4 Å². The second-order valence-electron chi connectivity index (χ2n) is 8.28. The first-order valence-corrected chi connectivity index (χ1v) is 10.4. The molecule has 178 valence electrons. The molecule has 0 spiro atoms. The number of nitrogens with zero attached hydrogens (tertiary/aromatic N) is 3. The molecule has 7 atom stereocenters. The average molecular weight is 474 g/mol. The van der Waals surface area contributed by atoms with Gasteiger partial charge in [0.1, 0.15) is 48.9 Å². The monoisotopic (exact) mass is 473 g/mol. The van der Waals surface area contributed by atoms with E-state index in [0.29, 0.717) is 10.8 Å². The molecule has 0 radical (unpaired) electrons. The molecule has 2 heterocycles. The molecule has 11 nitrogen and oxygen atoms in total. The molecule has 0 bridgehead atoms. The Labute approximate surface area is 189 Å². The Bertz CT molecular complexity index is 836. The molecule has 12 heteroatoms. The van der Waals surface area contributed by atoms with Gasteiger partial charge in [-0.15, -0.1) is 0 Å². The minimum absolute atomic E-state index is 0.133. The van der Waals surface area contributed by atoms with Crippen LogP contribution in [0.4, 0.5) is 0 Å². The zero-order valence-corrected chi connectivity index (χ0v) is 18.4. The Morgan fingerprint density at radius 3 is 2.44 bits per heavy atom. The van der Waals surface area contributed by atoms with Gasteiger partial charge in [0.05, 0.1) is 13.2 Å². The third-order valence-corrected chi connectivity index (χ3v) is 5.56. The lowest BCUT2D eigenvalue weighted by Gasteiger charge is -2.41. The van der Waals surface area contributed by atoms with Gasteiger partial charge in [-0.25, -0.2) is 9.67 Å². The van der Waals surface area contributed by atoms with E-state index in [9.17, 15) is 25.5 Å². The normalized spacial score (nSPS) is 28.3. The lowest BCUT2D eigenvalue weighted by atomic mass is 9.86. The van der Waals surface area contributed by atoms with Crippen molar-refractivity contribution in [1.29, 1.82) is 0 Å². The number of aliphatic hydroxyl groups is 5. The minimum atomic E-state index is -1.56. The number of ether oxygens (including phenoxy) is 3. The van der Waals surface area contributed by atoms with Crippen molar-refractivity contribution in [2.75, 3.05) is 13.2 Å². The Morgan fingerprint density at radius 2 is 1.84 bits per heavy atom. The van der Waals surface area contributed by atoms with E-state index in [2.05, 4.69) is 10.1 Å². The van der Waals surface area contributed by atoms with E-state index in [4.69, 9.17) is 25.8 Å². The summed E-state index contributed by atoms with van der Waals surface area (Å²) in [5.74, 6) is 0.444. The lowest BCUT2D eigenvalue weighted by Crippen LogP contribution is -2.59.